The van der Waals surface area contributed by atoms with Crippen molar-refractivity contribution >= 4 is 28.3 Å². The highest BCUT2D eigenvalue weighted by molar-refractivity contribution is 7.11. The number of hydrogen-bond acceptors (Lipinski definition) is 5. The van der Waals surface area contributed by atoms with Gasteiger partial charge in [0.15, 0.2) is 0 Å². The van der Waals surface area contributed by atoms with Crippen molar-refractivity contribution in [3.05, 3.63) is 55.9 Å². The molecule has 0 aliphatic rings. The summed E-state index contributed by atoms with van der Waals surface area (Å²) in [4.78, 5) is 36.7. The molecule has 124 valence electrons. The molecule has 24 heavy (non-hydrogen) atoms. The Kier molecular flexibility index (Phi) is 4.71. The highest BCUT2D eigenvalue weighted by Gasteiger charge is 2.09. The summed E-state index contributed by atoms with van der Waals surface area (Å²) in [6.45, 7) is 4.38. The molecule has 0 unspecified atom stereocenters. The van der Waals surface area contributed by atoms with E-state index in [0.29, 0.717) is 24.2 Å². The van der Waals surface area contributed by atoms with Gasteiger partial charge in [0.2, 0.25) is 5.91 Å². The van der Waals surface area contributed by atoms with E-state index in [1.165, 1.54) is 0 Å². The second kappa shape index (κ2) is 6.92. The number of aromatic nitrogens is 3. The SMILES string of the molecule is Cc1nc(CNC(=O)CCc2nc3ccccc3[nH]c2=O)sc1C. The number of para-hydroxylation sites is 2. The lowest BCUT2D eigenvalue weighted by Crippen LogP contribution is -2.24. The number of benzene rings is 1. The van der Waals surface area contributed by atoms with Gasteiger partial charge in [-0.15, -0.1) is 11.3 Å². The zero-order chi connectivity index (χ0) is 17.1. The van der Waals surface area contributed by atoms with Crippen molar-refractivity contribution in [2.24, 2.45) is 0 Å². The summed E-state index contributed by atoms with van der Waals surface area (Å²) < 4.78 is 0. The molecule has 6 nitrogen and oxygen atoms in total. The maximum absolute atomic E-state index is 12.0. The van der Waals surface area contributed by atoms with Crippen LogP contribution in [-0.2, 0) is 17.8 Å². The van der Waals surface area contributed by atoms with Crippen LogP contribution in [0.1, 0.15) is 27.7 Å². The maximum atomic E-state index is 12.0. The fraction of sp³-hybridized carbons (Fsp3) is 0.294. The van der Waals surface area contributed by atoms with Crippen LogP contribution in [-0.4, -0.2) is 20.9 Å². The molecule has 7 heteroatoms. The van der Waals surface area contributed by atoms with Gasteiger partial charge >= 0.3 is 0 Å². The number of carbonyl (C=O) groups is 1. The van der Waals surface area contributed by atoms with Crippen molar-refractivity contribution in [3.63, 3.8) is 0 Å². The van der Waals surface area contributed by atoms with E-state index >= 15 is 0 Å². The summed E-state index contributed by atoms with van der Waals surface area (Å²) in [6.07, 6.45) is 0.527. The van der Waals surface area contributed by atoms with Crippen molar-refractivity contribution in [1.82, 2.24) is 20.3 Å². The summed E-state index contributed by atoms with van der Waals surface area (Å²) in [5, 5.41) is 3.72. The summed E-state index contributed by atoms with van der Waals surface area (Å²) in [7, 11) is 0. The van der Waals surface area contributed by atoms with Crippen molar-refractivity contribution in [1.29, 1.82) is 0 Å². The first-order chi connectivity index (χ1) is 11.5. The van der Waals surface area contributed by atoms with E-state index in [1.54, 1.807) is 17.4 Å². The van der Waals surface area contributed by atoms with Crippen LogP contribution in [0.15, 0.2) is 29.1 Å². The van der Waals surface area contributed by atoms with Crippen molar-refractivity contribution in [2.45, 2.75) is 33.2 Å². The molecular formula is C17H18N4O2S. The number of rotatable bonds is 5. The first kappa shape index (κ1) is 16.3. The lowest BCUT2D eigenvalue weighted by molar-refractivity contribution is -0.121. The predicted octanol–water partition coefficient (Wildman–Crippen LogP) is 2.25. The molecule has 3 aromatic rings. The van der Waals surface area contributed by atoms with Gasteiger partial charge in [0.1, 0.15) is 10.7 Å². The molecule has 2 aromatic heterocycles. The number of nitrogens with zero attached hydrogens (tertiary/aromatic N) is 2. The Morgan fingerprint density at radius 1 is 1.25 bits per heavy atom. The third-order valence-corrected chi connectivity index (χ3v) is 4.84. The van der Waals surface area contributed by atoms with Crippen LogP contribution >= 0.6 is 11.3 Å². The van der Waals surface area contributed by atoms with Gasteiger partial charge in [0.05, 0.1) is 23.3 Å². The number of thiazole rings is 1. The molecule has 3 rings (SSSR count). The first-order valence-electron chi connectivity index (χ1n) is 7.70. The number of carbonyl (C=O) groups excluding carboxylic acids is 1. The van der Waals surface area contributed by atoms with Gasteiger partial charge < -0.3 is 10.3 Å². The average Bonchev–Trinajstić information content (AvgIpc) is 2.89. The van der Waals surface area contributed by atoms with E-state index in [0.717, 1.165) is 21.1 Å². The van der Waals surface area contributed by atoms with Gasteiger partial charge in [-0.1, -0.05) is 12.1 Å². The molecular weight excluding hydrogens is 324 g/mol. The average molecular weight is 342 g/mol. The molecule has 0 aliphatic carbocycles. The molecule has 1 aromatic carbocycles. The Morgan fingerprint density at radius 3 is 2.79 bits per heavy atom. The van der Waals surface area contributed by atoms with Crippen LogP contribution in [0.3, 0.4) is 0 Å². The van der Waals surface area contributed by atoms with Gasteiger partial charge in [-0.05, 0) is 26.0 Å². The number of fused-ring (bicyclic) bond motifs is 1. The molecule has 0 spiro atoms. The zero-order valence-electron chi connectivity index (χ0n) is 13.5. The first-order valence-corrected chi connectivity index (χ1v) is 8.52. The van der Waals surface area contributed by atoms with Crippen molar-refractivity contribution < 1.29 is 4.79 Å². The van der Waals surface area contributed by atoms with Crippen molar-refractivity contribution in [2.75, 3.05) is 0 Å². The molecule has 0 fully saturated rings. The van der Waals surface area contributed by atoms with E-state index in [1.807, 2.05) is 32.0 Å². The van der Waals surface area contributed by atoms with Crippen LogP contribution in [0.2, 0.25) is 0 Å². The Balaban J connectivity index is 1.60. The van der Waals surface area contributed by atoms with Crippen LogP contribution in [0.25, 0.3) is 11.0 Å². The molecule has 0 saturated heterocycles. The molecule has 0 saturated carbocycles. The lowest BCUT2D eigenvalue weighted by atomic mass is 10.2. The fourth-order valence-corrected chi connectivity index (χ4v) is 3.22. The summed E-state index contributed by atoms with van der Waals surface area (Å²) >= 11 is 1.58. The molecule has 0 atom stereocenters. The largest absolute Gasteiger partial charge is 0.350 e. The normalized spacial score (nSPS) is 10.9. The fourth-order valence-electron chi connectivity index (χ4n) is 2.35. The van der Waals surface area contributed by atoms with Crippen LogP contribution in [0.4, 0.5) is 0 Å². The van der Waals surface area contributed by atoms with Gasteiger partial charge in [0.25, 0.3) is 5.56 Å². The van der Waals surface area contributed by atoms with Gasteiger partial charge in [-0.25, -0.2) is 9.97 Å². The molecule has 2 heterocycles. The standard InChI is InChI=1S/C17H18N4O2S/c1-10-11(2)24-16(19-10)9-18-15(22)8-7-14-17(23)21-13-6-4-3-5-12(13)20-14/h3-6H,7-9H2,1-2H3,(H,18,22)(H,21,23). The quantitative estimate of drug-likeness (QED) is 0.744. The van der Waals surface area contributed by atoms with E-state index in [4.69, 9.17) is 0 Å². The number of aryl methyl sites for hydroxylation is 3. The van der Waals surface area contributed by atoms with Crippen molar-refractivity contribution in [3.8, 4) is 0 Å². The Labute approximate surface area is 143 Å². The van der Waals surface area contributed by atoms with Gasteiger partial charge in [-0.2, -0.15) is 0 Å². The molecule has 1 amide bonds. The van der Waals surface area contributed by atoms with Crippen LogP contribution in [0, 0.1) is 13.8 Å². The minimum atomic E-state index is -0.243. The number of aromatic amines is 1. The van der Waals surface area contributed by atoms with Gasteiger partial charge in [-0.3, -0.25) is 9.59 Å². The number of hydrogen-bond donors (Lipinski definition) is 2. The summed E-state index contributed by atoms with van der Waals surface area (Å²) in [5.41, 5.74) is 2.56. The predicted molar refractivity (Wildman–Crippen MR) is 94.1 cm³/mol. The smallest absolute Gasteiger partial charge is 0.270 e. The van der Waals surface area contributed by atoms with Gasteiger partial charge in [0, 0.05) is 17.7 Å². The highest BCUT2D eigenvalue weighted by Crippen LogP contribution is 2.16. The minimum absolute atomic E-state index is 0.116. The third-order valence-electron chi connectivity index (χ3n) is 3.77. The number of H-pyrrole nitrogens is 1. The minimum Gasteiger partial charge on any atom is -0.350 e. The summed E-state index contributed by atoms with van der Waals surface area (Å²) in [5.74, 6) is -0.116. The number of amides is 1. The number of nitrogens with one attached hydrogen (secondary N) is 2. The van der Waals surface area contributed by atoms with E-state index in [-0.39, 0.29) is 17.9 Å². The molecule has 0 bridgehead atoms. The Morgan fingerprint density at radius 2 is 2.04 bits per heavy atom. The second-order valence-electron chi connectivity index (χ2n) is 5.56. The maximum Gasteiger partial charge on any atom is 0.270 e. The molecule has 2 N–H and O–H groups in total. The zero-order valence-corrected chi connectivity index (χ0v) is 14.4. The lowest BCUT2D eigenvalue weighted by Gasteiger charge is -2.04. The van der Waals surface area contributed by atoms with Crippen LogP contribution in [0.5, 0.6) is 0 Å². The topological polar surface area (TPSA) is 87.7 Å². The van der Waals surface area contributed by atoms with E-state index < -0.39 is 0 Å². The molecule has 0 radical (unpaired) electrons. The van der Waals surface area contributed by atoms with E-state index in [2.05, 4.69) is 20.3 Å². The van der Waals surface area contributed by atoms with E-state index in [9.17, 15) is 9.59 Å². The Bertz CT molecular complexity index is 926. The monoisotopic (exact) mass is 342 g/mol. The Hall–Kier alpha value is -2.54. The third kappa shape index (κ3) is 3.68. The van der Waals surface area contributed by atoms with Crippen LogP contribution < -0.4 is 10.9 Å². The highest BCUT2D eigenvalue weighted by atomic mass is 32.1. The summed E-state index contributed by atoms with van der Waals surface area (Å²) in [6, 6.07) is 7.34. The second-order valence-corrected chi connectivity index (χ2v) is 6.84. The molecule has 0 aliphatic heterocycles.